The Kier molecular flexibility index (Phi) is 6.29. The highest BCUT2D eigenvalue weighted by Crippen LogP contribution is 2.22. The monoisotopic (exact) mass is 392 g/mol. The Bertz CT molecular complexity index is 827. The molecule has 2 aromatic rings. The van der Waals surface area contributed by atoms with E-state index < -0.39 is 10.0 Å². The SMILES string of the molecule is CCNC(=NCc1ccsc1)NCc1ccc(S(=O)(=O)NC2CC2)cc1. The molecule has 3 rings (SSSR count). The Hall–Kier alpha value is -1.90. The molecule has 1 aliphatic carbocycles. The van der Waals surface area contributed by atoms with E-state index in [1.54, 1.807) is 23.5 Å². The summed E-state index contributed by atoms with van der Waals surface area (Å²) in [5.74, 6) is 0.741. The van der Waals surface area contributed by atoms with Crippen molar-refractivity contribution in [1.82, 2.24) is 15.4 Å². The van der Waals surface area contributed by atoms with Crippen molar-refractivity contribution in [1.29, 1.82) is 0 Å². The first-order valence-electron chi connectivity index (χ1n) is 8.71. The minimum Gasteiger partial charge on any atom is -0.357 e. The van der Waals surface area contributed by atoms with Crippen LogP contribution in [0, 0.1) is 0 Å². The molecule has 1 saturated carbocycles. The van der Waals surface area contributed by atoms with Crippen LogP contribution in [0.1, 0.15) is 30.9 Å². The van der Waals surface area contributed by atoms with Crippen LogP contribution in [-0.2, 0) is 23.1 Å². The van der Waals surface area contributed by atoms with Gasteiger partial charge in [-0.3, -0.25) is 0 Å². The van der Waals surface area contributed by atoms with Crippen molar-refractivity contribution >= 4 is 27.3 Å². The molecule has 0 aliphatic heterocycles. The lowest BCUT2D eigenvalue weighted by molar-refractivity contribution is 0.581. The molecular formula is C18H24N4O2S2. The summed E-state index contributed by atoms with van der Waals surface area (Å²) in [5, 5.41) is 10.6. The van der Waals surface area contributed by atoms with Crippen molar-refractivity contribution in [3.63, 3.8) is 0 Å². The molecule has 0 atom stereocenters. The van der Waals surface area contributed by atoms with Gasteiger partial charge in [0.2, 0.25) is 10.0 Å². The number of nitrogens with zero attached hydrogens (tertiary/aromatic N) is 1. The summed E-state index contributed by atoms with van der Waals surface area (Å²) in [7, 11) is -3.39. The second kappa shape index (κ2) is 8.66. The zero-order valence-corrected chi connectivity index (χ0v) is 16.4. The van der Waals surface area contributed by atoms with Gasteiger partial charge in [0, 0.05) is 19.1 Å². The highest BCUT2D eigenvalue weighted by atomic mass is 32.2. The van der Waals surface area contributed by atoms with Crippen LogP contribution in [0.4, 0.5) is 0 Å². The molecule has 0 saturated heterocycles. The smallest absolute Gasteiger partial charge is 0.240 e. The number of hydrogen-bond donors (Lipinski definition) is 3. The molecule has 1 fully saturated rings. The lowest BCUT2D eigenvalue weighted by Crippen LogP contribution is -2.36. The van der Waals surface area contributed by atoms with Crippen molar-refractivity contribution in [2.45, 2.75) is 43.8 Å². The first-order chi connectivity index (χ1) is 12.6. The minimum atomic E-state index is -3.39. The van der Waals surface area contributed by atoms with Gasteiger partial charge in [0.25, 0.3) is 0 Å². The van der Waals surface area contributed by atoms with Crippen molar-refractivity contribution in [3.05, 3.63) is 52.2 Å². The Labute approximate surface area is 158 Å². The summed E-state index contributed by atoms with van der Waals surface area (Å²) in [6.45, 7) is 4.00. The Balaban J connectivity index is 1.57. The third kappa shape index (κ3) is 5.55. The highest BCUT2D eigenvalue weighted by Gasteiger charge is 2.27. The summed E-state index contributed by atoms with van der Waals surface area (Å²) in [5.41, 5.74) is 2.18. The molecule has 1 aromatic carbocycles. The lowest BCUT2D eigenvalue weighted by atomic mass is 10.2. The predicted octanol–water partition coefficient (Wildman–Crippen LogP) is 2.44. The van der Waals surface area contributed by atoms with E-state index in [1.165, 1.54) is 5.56 Å². The normalized spacial score (nSPS) is 15.0. The molecule has 1 aromatic heterocycles. The fourth-order valence-corrected chi connectivity index (χ4v) is 4.32. The number of hydrogen-bond acceptors (Lipinski definition) is 4. The van der Waals surface area contributed by atoms with Gasteiger partial charge < -0.3 is 10.6 Å². The topological polar surface area (TPSA) is 82.6 Å². The molecule has 0 bridgehead atoms. The Morgan fingerprint density at radius 2 is 1.92 bits per heavy atom. The molecule has 0 radical (unpaired) electrons. The van der Waals surface area contributed by atoms with Crippen LogP contribution >= 0.6 is 11.3 Å². The van der Waals surface area contributed by atoms with E-state index in [4.69, 9.17) is 0 Å². The average Bonchev–Trinajstić information content (AvgIpc) is 3.27. The Morgan fingerprint density at radius 1 is 1.15 bits per heavy atom. The van der Waals surface area contributed by atoms with Gasteiger partial charge in [-0.2, -0.15) is 11.3 Å². The first-order valence-corrected chi connectivity index (χ1v) is 11.1. The van der Waals surface area contributed by atoms with E-state index in [9.17, 15) is 8.42 Å². The summed E-state index contributed by atoms with van der Waals surface area (Å²) in [6.07, 6.45) is 1.86. The fourth-order valence-electron chi connectivity index (χ4n) is 2.36. The van der Waals surface area contributed by atoms with Crippen LogP contribution in [0.25, 0.3) is 0 Å². The number of rotatable bonds is 8. The number of guanidine groups is 1. The largest absolute Gasteiger partial charge is 0.357 e. The van der Waals surface area contributed by atoms with Gasteiger partial charge in [0.05, 0.1) is 11.4 Å². The second-order valence-corrected chi connectivity index (χ2v) is 8.71. The van der Waals surface area contributed by atoms with E-state index in [0.29, 0.717) is 18.0 Å². The quantitative estimate of drug-likeness (QED) is 0.476. The average molecular weight is 393 g/mol. The van der Waals surface area contributed by atoms with Gasteiger partial charge in [0.15, 0.2) is 5.96 Å². The minimum absolute atomic E-state index is 0.114. The van der Waals surface area contributed by atoms with Crippen molar-refractivity contribution in [3.8, 4) is 0 Å². The predicted molar refractivity (Wildman–Crippen MR) is 106 cm³/mol. The molecule has 3 N–H and O–H groups in total. The van der Waals surface area contributed by atoms with Gasteiger partial charge in [0.1, 0.15) is 0 Å². The van der Waals surface area contributed by atoms with E-state index in [0.717, 1.165) is 30.9 Å². The number of aliphatic imine (C=N–C) groups is 1. The van der Waals surface area contributed by atoms with Gasteiger partial charge in [-0.05, 0) is 59.9 Å². The molecule has 6 nitrogen and oxygen atoms in total. The molecule has 0 unspecified atom stereocenters. The van der Waals surface area contributed by atoms with E-state index >= 15 is 0 Å². The summed E-state index contributed by atoms with van der Waals surface area (Å²) >= 11 is 1.66. The highest BCUT2D eigenvalue weighted by molar-refractivity contribution is 7.89. The lowest BCUT2D eigenvalue weighted by Gasteiger charge is -2.12. The molecule has 1 heterocycles. The van der Waals surface area contributed by atoms with Gasteiger partial charge >= 0.3 is 0 Å². The maximum absolute atomic E-state index is 12.2. The first kappa shape index (κ1) is 18.9. The number of benzene rings is 1. The number of sulfonamides is 1. The third-order valence-electron chi connectivity index (χ3n) is 3.94. The van der Waals surface area contributed by atoms with Crippen LogP contribution < -0.4 is 15.4 Å². The van der Waals surface area contributed by atoms with Crippen molar-refractivity contribution < 1.29 is 8.42 Å². The number of nitrogens with one attached hydrogen (secondary N) is 3. The third-order valence-corrected chi connectivity index (χ3v) is 6.21. The number of thiophene rings is 1. The second-order valence-electron chi connectivity index (χ2n) is 6.22. The van der Waals surface area contributed by atoms with E-state index in [2.05, 4.69) is 31.8 Å². The van der Waals surface area contributed by atoms with Gasteiger partial charge in [-0.1, -0.05) is 12.1 Å². The van der Waals surface area contributed by atoms with Crippen LogP contribution in [0.15, 0.2) is 51.0 Å². The molecule has 26 heavy (non-hydrogen) atoms. The van der Waals surface area contributed by atoms with Crippen molar-refractivity contribution in [2.75, 3.05) is 6.54 Å². The van der Waals surface area contributed by atoms with Crippen molar-refractivity contribution in [2.24, 2.45) is 4.99 Å². The van der Waals surface area contributed by atoms with Crippen LogP contribution in [-0.4, -0.2) is 27.0 Å². The molecular weight excluding hydrogens is 368 g/mol. The summed E-state index contributed by atoms with van der Waals surface area (Å²) in [6, 6.07) is 9.14. The van der Waals surface area contributed by atoms with Gasteiger partial charge in [-0.25, -0.2) is 18.1 Å². The molecule has 0 spiro atoms. The fraction of sp³-hybridized carbons (Fsp3) is 0.389. The maximum Gasteiger partial charge on any atom is 0.240 e. The summed E-state index contributed by atoms with van der Waals surface area (Å²) in [4.78, 5) is 4.87. The zero-order valence-electron chi connectivity index (χ0n) is 14.7. The molecule has 0 amide bonds. The molecule has 140 valence electrons. The Morgan fingerprint density at radius 3 is 2.54 bits per heavy atom. The standard InChI is InChI=1S/C18H24N4O2S2/c1-2-19-18(21-12-15-9-10-25-13-15)20-11-14-3-7-17(8-4-14)26(23,24)22-16-5-6-16/h3-4,7-10,13,16,22H,2,5-6,11-12H2,1H3,(H2,19,20,21). The van der Waals surface area contributed by atoms with Crippen LogP contribution in [0.3, 0.4) is 0 Å². The van der Waals surface area contributed by atoms with E-state index in [1.807, 2.05) is 24.4 Å². The van der Waals surface area contributed by atoms with E-state index in [-0.39, 0.29) is 6.04 Å². The molecule has 1 aliphatic rings. The van der Waals surface area contributed by atoms with Gasteiger partial charge in [-0.15, -0.1) is 0 Å². The summed E-state index contributed by atoms with van der Waals surface area (Å²) < 4.78 is 27.1. The maximum atomic E-state index is 12.2. The molecule has 8 heteroatoms. The zero-order chi connectivity index (χ0) is 18.4. The van der Waals surface area contributed by atoms with Crippen LogP contribution in [0.5, 0.6) is 0 Å². The van der Waals surface area contributed by atoms with Crippen LogP contribution in [0.2, 0.25) is 0 Å².